The summed E-state index contributed by atoms with van der Waals surface area (Å²) in [5.41, 5.74) is 9.63. The molecule has 0 aliphatic heterocycles. The number of fused-ring (bicyclic) bond motifs is 1. The average molecular weight is 251 g/mol. The Bertz CT molecular complexity index is 740. The van der Waals surface area contributed by atoms with Crippen LogP contribution < -0.4 is 10.5 Å². The third kappa shape index (κ3) is 1.97. The molecular weight excluding hydrogens is 238 g/mol. The topological polar surface area (TPSA) is 61.0 Å². The van der Waals surface area contributed by atoms with Crippen LogP contribution in [0, 0.1) is 0 Å². The van der Waals surface area contributed by atoms with Gasteiger partial charge in [0.1, 0.15) is 6.33 Å². The molecule has 1 heterocycles. The SMILES string of the molecule is COc1ncnc2ccc(-c3ccccc3N)cc12. The quantitative estimate of drug-likeness (QED) is 0.711. The summed E-state index contributed by atoms with van der Waals surface area (Å²) in [6.07, 6.45) is 1.50. The molecule has 3 aromatic rings. The first-order valence-electron chi connectivity index (χ1n) is 5.93. The Morgan fingerprint density at radius 2 is 1.89 bits per heavy atom. The van der Waals surface area contributed by atoms with Crippen LogP contribution >= 0.6 is 0 Å². The fourth-order valence-electron chi connectivity index (χ4n) is 2.12. The number of benzene rings is 2. The zero-order valence-corrected chi connectivity index (χ0v) is 10.5. The first-order chi connectivity index (χ1) is 9.29. The third-order valence-electron chi connectivity index (χ3n) is 3.06. The molecule has 0 radical (unpaired) electrons. The van der Waals surface area contributed by atoms with Gasteiger partial charge in [0.05, 0.1) is 18.0 Å². The first-order valence-corrected chi connectivity index (χ1v) is 5.93. The van der Waals surface area contributed by atoms with E-state index in [0.717, 1.165) is 27.7 Å². The molecule has 2 aromatic carbocycles. The Hall–Kier alpha value is -2.62. The molecular formula is C15H13N3O. The Balaban J connectivity index is 2.24. The molecule has 0 aliphatic rings. The minimum atomic E-state index is 0.571. The molecule has 0 saturated carbocycles. The lowest BCUT2D eigenvalue weighted by Gasteiger charge is -2.08. The van der Waals surface area contributed by atoms with Crippen molar-refractivity contribution in [2.75, 3.05) is 12.8 Å². The van der Waals surface area contributed by atoms with Crippen molar-refractivity contribution in [3.63, 3.8) is 0 Å². The lowest BCUT2D eigenvalue weighted by molar-refractivity contribution is 0.402. The fraction of sp³-hybridized carbons (Fsp3) is 0.0667. The van der Waals surface area contributed by atoms with Crippen LogP contribution in [0.5, 0.6) is 5.88 Å². The van der Waals surface area contributed by atoms with E-state index in [1.807, 2.05) is 42.5 Å². The van der Waals surface area contributed by atoms with E-state index in [0.29, 0.717) is 5.88 Å². The maximum absolute atomic E-state index is 6.00. The number of nitrogens with zero attached hydrogens (tertiary/aromatic N) is 2. The van der Waals surface area contributed by atoms with Gasteiger partial charge in [0, 0.05) is 11.3 Å². The standard InChI is InChI=1S/C15H13N3O/c1-19-15-12-8-10(6-7-14(12)17-9-18-15)11-4-2-3-5-13(11)16/h2-9H,16H2,1H3. The molecule has 0 fully saturated rings. The van der Waals surface area contributed by atoms with Gasteiger partial charge in [-0.1, -0.05) is 24.3 Å². The average Bonchev–Trinajstić information content (AvgIpc) is 2.46. The van der Waals surface area contributed by atoms with Crippen LogP contribution in [0.4, 0.5) is 5.69 Å². The minimum Gasteiger partial charge on any atom is -0.480 e. The van der Waals surface area contributed by atoms with Gasteiger partial charge in [0.15, 0.2) is 0 Å². The van der Waals surface area contributed by atoms with Gasteiger partial charge in [-0.3, -0.25) is 0 Å². The molecule has 0 atom stereocenters. The molecule has 2 N–H and O–H groups in total. The van der Waals surface area contributed by atoms with E-state index >= 15 is 0 Å². The highest BCUT2D eigenvalue weighted by molar-refractivity contribution is 5.90. The molecule has 0 spiro atoms. The number of ether oxygens (including phenoxy) is 1. The van der Waals surface area contributed by atoms with Gasteiger partial charge in [0.25, 0.3) is 0 Å². The van der Waals surface area contributed by atoms with Crippen LogP contribution in [0.2, 0.25) is 0 Å². The second-order valence-electron chi connectivity index (χ2n) is 4.20. The number of methoxy groups -OCH3 is 1. The largest absolute Gasteiger partial charge is 0.480 e. The van der Waals surface area contributed by atoms with Crippen LogP contribution in [-0.2, 0) is 0 Å². The molecule has 94 valence electrons. The van der Waals surface area contributed by atoms with Gasteiger partial charge in [-0.15, -0.1) is 0 Å². The summed E-state index contributed by atoms with van der Waals surface area (Å²) in [7, 11) is 1.60. The zero-order valence-electron chi connectivity index (χ0n) is 10.5. The van der Waals surface area contributed by atoms with E-state index in [1.54, 1.807) is 7.11 Å². The molecule has 3 rings (SSSR count). The number of hydrogen-bond acceptors (Lipinski definition) is 4. The van der Waals surface area contributed by atoms with Crippen molar-refractivity contribution in [1.82, 2.24) is 9.97 Å². The normalized spacial score (nSPS) is 10.6. The van der Waals surface area contributed by atoms with Crippen LogP contribution in [-0.4, -0.2) is 17.1 Å². The molecule has 0 saturated heterocycles. The van der Waals surface area contributed by atoms with Gasteiger partial charge in [-0.05, 0) is 23.8 Å². The smallest absolute Gasteiger partial charge is 0.224 e. The second-order valence-corrected chi connectivity index (χ2v) is 4.20. The monoisotopic (exact) mass is 251 g/mol. The fourth-order valence-corrected chi connectivity index (χ4v) is 2.12. The summed E-state index contributed by atoms with van der Waals surface area (Å²) in [5.74, 6) is 0.571. The van der Waals surface area contributed by atoms with Gasteiger partial charge in [0.2, 0.25) is 5.88 Å². The highest BCUT2D eigenvalue weighted by Gasteiger charge is 2.07. The van der Waals surface area contributed by atoms with Crippen LogP contribution in [0.15, 0.2) is 48.8 Å². The maximum atomic E-state index is 6.00. The molecule has 0 aliphatic carbocycles. The Labute approximate surface area is 110 Å². The van der Waals surface area contributed by atoms with E-state index in [4.69, 9.17) is 10.5 Å². The van der Waals surface area contributed by atoms with Crippen molar-refractivity contribution in [3.8, 4) is 17.0 Å². The predicted molar refractivity (Wildman–Crippen MR) is 75.9 cm³/mol. The molecule has 0 bridgehead atoms. The highest BCUT2D eigenvalue weighted by atomic mass is 16.5. The maximum Gasteiger partial charge on any atom is 0.224 e. The van der Waals surface area contributed by atoms with Gasteiger partial charge in [-0.25, -0.2) is 9.97 Å². The van der Waals surface area contributed by atoms with Gasteiger partial charge in [-0.2, -0.15) is 0 Å². The van der Waals surface area contributed by atoms with E-state index < -0.39 is 0 Å². The van der Waals surface area contributed by atoms with Crippen molar-refractivity contribution in [1.29, 1.82) is 0 Å². The molecule has 0 amide bonds. The summed E-state index contributed by atoms with van der Waals surface area (Å²) in [6.45, 7) is 0. The number of nitrogens with two attached hydrogens (primary N) is 1. The second kappa shape index (κ2) is 4.57. The molecule has 4 heteroatoms. The van der Waals surface area contributed by atoms with Crippen molar-refractivity contribution < 1.29 is 4.74 Å². The van der Waals surface area contributed by atoms with E-state index in [1.165, 1.54) is 6.33 Å². The van der Waals surface area contributed by atoms with Crippen LogP contribution in [0.3, 0.4) is 0 Å². The number of nitrogen functional groups attached to an aromatic ring is 1. The summed E-state index contributed by atoms with van der Waals surface area (Å²) in [5, 5.41) is 0.880. The van der Waals surface area contributed by atoms with Gasteiger partial charge >= 0.3 is 0 Å². The van der Waals surface area contributed by atoms with E-state index in [2.05, 4.69) is 9.97 Å². The molecule has 1 aromatic heterocycles. The summed E-state index contributed by atoms with van der Waals surface area (Å²) < 4.78 is 5.27. The predicted octanol–water partition coefficient (Wildman–Crippen LogP) is 2.89. The Kier molecular flexibility index (Phi) is 2.76. The molecule has 0 unspecified atom stereocenters. The molecule has 19 heavy (non-hydrogen) atoms. The van der Waals surface area contributed by atoms with Crippen molar-refractivity contribution in [2.24, 2.45) is 0 Å². The van der Waals surface area contributed by atoms with E-state index in [-0.39, 0.29) is 0 Å². The van der Waals surface area contributed by atoms with Crippen LogP contribution in [0.25, 0.3) is 22.0 Å². The number of anilines is 1. The summed E-state index contributed by atoms with van der Waals surface area (Å²) in [4.78, 5) is 8.34. The van der Waals surface area contributed by atoms with E-state index in [9.17, 15) is 0 Å². The highest BCUT2D eigenvalue weighted by Crippen LogP contribution is 2.30. The third-order valence-corrected chi connectivity index (χ3v) is 3.06. The van der Waals surface area contributed by atoms with Crippen LogP contribution in [0.1, 0.15) is 0 Å². The zero-order chi connectivity index (χ0) is 13.2. The molecule has 4 nitrogen and oxygen atoms in total. The van der Waals surface area contributed by atoms with Crippen molar-refractivity contribution in [3.05, 3.63) is 48.8 Å². The lowest BCUT2D eigenvalue weighted by atomic mass is 10.0. The summed E-state index contributed by atoms with van der Waals surface area (Å²) >= 11 is 0. The number of para-hydroxylation sites is 1. The Morgan fingerprint density at radius 3 is 2.68 bits per heavy atom. The first kappa shape index (κ1) is 11.5. The lowest BCUT2D eigenvalue weighted by Crippen LogP contribution is -1.93. The number of hydrogen-bond donors (Lipinski definition) is 1. The van der Waals surface area contributed by atoms with Crippen molar-refractivity contribution in [2.45, 2.75) is 0 Å². The van der Waals surface area contributed by atoms with Gasteiger partial charge < -0.3 is 10.5 Å². The summed E-state index contributed by atoms with van der Waals surface area (Å²) in [6, 6.07) is 13.7. The minimum absolute atomic E-state index is 0.571. The van der Waals surface area contributed by atoms with Crippen molar-refractivity contribution >= 4 is 16.6 Å². The Morgan fingerprint density at radius 1 is 1.05 bits per heavy atom. The number of rotatable bonds is 2. The number of aromatic nitrogens is 2.